The standard InChI is InChI=1S/C8H13N5O2/c14-7-6(11-12-8(15)10-7)13-4-1-2-9-3-5-13/h9H,1-5H2,(H2,10,12,14,15). The summed E-state index contributed by atoms with van der Waals surface area (Å²) in [5, 5.41) is 9.22. The highest BCUT2D eigenvalue weighted by atomic mass is 16.2. The van der Waals surface area contributed by atoms with E-state index in [0.717, 1.165) is 32.6 Å². The Morgan fingerprint density at radius 3 is 2.87 bits per heavy atom. The molecule has 2 rings (SSSR count). The Labute approximate surface area is 85.5 Å². The minimum atomic E-state index is -0.573. The monoisotopic (exact) mass is 211 g/mol. The Hall–Kier alpha value is -1.63. The molecule has 0 aromatic carbocycles. The summed E-state index contributed by atoms with van der Waals surface area (Å²) < 4.78 is 0. The molecule has 1 fully saturated rings. The lowest BCUT2D eigenvalue weighted by molar-refractivity contribution is 0.724. The predicted molar refractivity (Wildman–Crippen MR) is 55.2 cm³/mol. The van der Waals surface area contributed by atoms with Gasteiger partial charge in [0.25, 0.3) is 5.56 Å². The van der Waals surface area contributed by atoms with Crippen molar-refractivity contribution in [2.24, 2.45) is 0 Å². The number of aromatic amines is 2. The molecule has 0 bridgehead atoms. The molecular formula is C8H13N5O2. The van der Waals surface area contributed by atoms with Crippen molar-refractivity contribution in [3.05, 3.63) is 20.8 Å². The summed E-state index contributed by atoms with van der Waals surface area (Å²) in [5.74, 6) is 0.290. The zero-order valence-electron chi connectivity index (χ0n) is 8.25. The highest BCUT2D eigenvalue weighted by Crippen LogP contribution is 2.02. The maximum Gasteiger partial charge on any atom is 0.342 e. The summed E-state index contributed by atoms with van der Waals surface area (Å²) in [4.78, 5) is 26.3. The molecule has 0 unspecified atom stereocenters. The van der Waals surface area contributed by atoms with Crippen LogP contribution in [0.25, 0.3) is 0 Å². The van der Waals surface area contributed by atoms with E-state index in [-0.39, 0.29) is 0 Å². The second kappa shape index (κ2) is 4.26. The third-order valence-electron chi connectivity index (χ3n) is 2.33. The topological polar surface area (TPSA) is 93.9 Å². The Kier molecular flexibility index (Phi) is 2.82. The van der Waals surface area contributed by atoms with Gasteiger partial charge in [-0.15, -0.1) is 5.10 Å². The first-order valence-electron chi connectivity index (χ1n) is 4.92. The van der Waals surface area contributed by atoms with Gasteiger partial charge in [-0.25, -0.2) is 9.89 Å². The highest BCUT2D eigenvalue weighted by Gasteiger charge is 2.14. The molecule has 1 aliphatic rings. The normalized spacial score (nSPS) is 17.5. The minimum absolute atomic E-state index is 0.290. The fraction of sp³-hybridized carbons (Fsp3) is 0.625. The van der Waals surface area contributed by atoms with Crippen molar-refractivity contribution >= 4 is 5.82 Å². The molecule has 7 nitrogen and oxygen atoms in total. The van der Waals surface area contributed by atoms with Crippen LogP contribution in [0.5, 0.6) is 0 Å². The van der Waals surface area contributed by atoms with Crippen LogP contribution in [0, 0.1) is 0 Å². The fourth-order valence-corrected chi connectivity index (χ4v) is 1.61. The molecule has 7 heteroatoms. The van der Waals surface area contributed by atoms with E-state index in [1.165, 1.54) is 0 Å². The lowest BCUT2D eigenvalue weighted by Crippen LogP contribution is -2.36. The summed E-state index contributed by atoms with van der Waals surface area (Å²) >= 11 is 0. The Balaban J connectivity index is 2.27. The van der Waals surface area contributed by atoms with Crippen LogP contribution < -0.4 is 21.5 Å². The van der Waals surface area contributed by atoms with Crippen molar-refractivity contribution in [1.29, 1.82) is 0 Å². The number of aromatic nitrogens is 3. The zero-order valence-corrected chi connectivity index (χ0v) is 8.25. The van der Waals surface area contributed by atoms with Crippen LogP contribution in [-0.2, 0) is 0 Å². The number of nitrogens with one attached hydrogen (secondary N) is 3. The molecule has 1 aliphatic heterocycles. The Morgan fingerprint density at radius 1 is 1.20 bits per heavy atom. The summed E-state index contributed by atoms with van der Waals surface area (Å²) in [6.07, 6.45) is 0.959. The molecule has 3 N–H and O–H groups in total. The fourth-order valence-electron chi connectivity index (χ4n) is 1.61. The van der Waals surface area contributed by atoms with Gasteiger partial charge in [0.1, 0.15) is 0 Å². The molecule has 0 amide bonds. The first-order valence-corrected chi connectivity index (χ1v) is 4.92. The largest absolute Gasteiger partial charge is 0.349 e. The lowest BCUT2D eigenvalue weighted by Gasteiger charge is -2.18. The zero-order chi connectivity index (χ0) is 10.7. The van der Waals surface area contributed by atoms with Crippen LogP contribution in [0.4, 0.5) is 5.82 Å². The van der Waals surface area contributed by atoms with E-state index in [0.29, 0.717) is 5.82 Å². The second-order valence-corrected chi connectivity index (χ2v) is 3.42. The number of anilines is 1. The van der Waals surface area contributed by atoms with Gasteiger partial charge in [0, 0.05) is 19.6 Å². The average Bonchev–Trinajstić information content (AvgIpc) is 2.46. The third kappa shape index (κ3) is 2.24. The number of hydrogen-bond acceptors (Lipinski definition) is 5. The summed E-state index contributed by atoms with van der Waals surface area (Å²) in [6, 6.07) is 0. The lowest BCUT2D eigenvalue weighted by atomic mass is 10.4. The van der Waals surface area contributed by atoms with Gasteiger partial charge >= 0.3 is 5.69 Å². The highest BCUT2D eigenvalue weighted by molar-refractivity contribution is 5.34. The van der Waals surface area contributed by atoms with Gasteiger partial charge in [0.2, 0.25) is 5.82 Å². The van der Waals surface area contributed by atoms with E-state index in [4.69, 9.17) is 0 Å². The number of rotatable bonds is 1. The minimum Gasteiger partial charge on any atom is -0.349 e. The van der Waals surface area contributed by atoms with Crippen molar-refractivity contribution in [1.82, 2.24) is 20.5 Å². The SMILES string of the molecule is O=c1[nH]nc(N2CCCNCC2)c(=O)[nH]1. The molecule has 15 heavy (non-hydrogen) atoms. The molecule has 0 spiro atoms. The number of H-pyrrole nitrogens is 2. The van der Waals surface area contributed by atoms with Crippen molar-refractivity contribution in [3.8, 4) is 0 Å². The molecule has 1 aromatic rings. The van der Waals surface area contributed by atoms with Crippen LogP contribution >= 0.6 is 0 Å². The van der Waals surface area contributed by atoms with Crippen LogP contribution in [0.15, 0.2) is 9.59 Å². The number of nitrogens with zero attached hydrogens (tertiary/aromatic N) is 2. The number of hydrogen-bond donors (Lipinski definition) is 3. The average molecular weight is 211 g/mol. The van der Waals surface area contributed by atoms with E-state index in [1.807, 2.05) is 4.90 Å². The van der Waals surface area contributed by atoms with Crippen LogP contribution in [0.3, 0.4) is 0 Å². The van der Waals surface area contributed by atoms with Gasteiger partial charge in [0.05, 0.1) is 0 Å². The Morgan fingerprint density at radius 2 is 2.07 bits per heavy atom. The molecule has 1 saturated heterocycles. The van der Waals surface area contributed by atoms with E-state index in [2.05, 4.69) is 20.5 Å². The summed E-state index contributed by atoms with van der Waals surface area (Å²) in [7, 11) is 0. The second-order valence-electron chi connectivity index (χ2n) is 3.42. The Bertz CT molecular complexity index is 429. The molecular weight excluding hydrogens is 198 g/mol. The van der Waals surface area contributed by atoms with Gasteiger partial charge in [-0.1, -0.05) is 0 Å². The van der Waals surface area contributed by atoms with Crippen molar-refractivity contribution in [3.63, 3.8) is 0 Å². The van der Waals surface area contributed by atoms with Gasteiger partial charge in [-0.2, -0.15) is 0 Å². The molecule has 2 heterocycles. The van der Waals surface area contributed by atoms with Gasteiger partial charge < -0.3 is 10.2 Å². The van der Waals surface area contributed by atoms with Crippen LogP contribution in [-0.4, -0.2) is 41.4 Å². The quantitative estimate of drug-likeness (QED) is 0.512. The van der Waals surface area contributed by atoms with Crippen LogP contribution in [0.1, 0.15) is 6.42 Å². The molecule has 0 radical (unpaired) electrons. The van der Waals surface area contributed by atoms with Gasteiger partial charge in [-0.3, -0.25) is 9.78 Å². The van der Waals surface area contributed by atoms with E-state index < -0.39 is 11.2 Å². The molecule has 0 saturated carbocycles. The van der Waals surface area contributed by atoms with Crippen molar-refractivity contribution in [2.75, 3.05) is 31.1 Å². The predicted octanol–water partition coefficient (Wildman–Crippen LogP) is -1.74. The van der Waals surface area contributed by atoms with Crippen LogP contribution in [0.2, 0.25) is 0 Å². The smallest absolute Gasteiger partial charge is 0.342 e. The summed E-state index contributed by atoms with van der Waals surface area (Å²) in [5.41, 5.74) is -1.00. The first-order chi connectivity index (χ1) is 7.27. The van der Waals surface area contributed by atoms with Crippen molar-refractivity contribution < 1.29 is 0 Å². The third-order valence-corrected chi connectivity index (χ3v) is 2.33. The molecule has 0 aliphatic carbocycles. The first kappa shape index (κ1) is 9.91. The van der Waals surface area contributed by atoms with E-state index >= 15 is 0 Å². The van der Waals surface area contributed by atoms with E-state index in [9.17, 15) is 9.59 Å². The molecule has 0 atom stereocenters. The van der Waals surface area contributed by atoms with Crippen molar-refractivity contribution in [2.45, 2.75) is 6.42 Å². The molecule has 82 valence electrons. The van der Waals surface area contributed by atoms with Gasteiger partial charge in [-0.05, 0) is 13.0 Å². The van der Waals surface area contributed by atoms with E-state index in [1.54, 1.807) is 0 Å². The van der Waals surface area contributed by atoms with Gasteiger partial charge in [0.15, 0.2) is 0 Å². The maximum atomic E-state index is 11.5. The maximum absolute atomic E-state index is 11.5. The molecule has 1 aromatic heterocycles. The summed E-state index contributed by atoms with van der Waals surface area (Å²) in [6.45, 7) is 3.26.